The monoisotopic (exact) mass is 353 g/mol. The smallest absolute Gasteiger partial charge is 0.328 e. The number of benzene rings is 2. The summed E-state index contributed by atoms with van der Waals surface area (Å²) >= 11 is 0. The lowest BCUT2D eigenvalue weighted by Gasteiger charge is -2.16. The van der Waals surface area contributed by atoms with Crippen LogP contribution in [-0.4, -0.2) is 21.1 Å². The second kappa shape index (κ2) is 6.71. The van der Waals surface area contributed by atoms with E-state index in [9.17, 15) is 9.59 Å². The molecule has 6 nitrogen and oxygen atoms in total. The van der Waals surface area contributed by atoms with Gasteiger partial charge in [-0.3, -0.25) is 13.9 Å². The van der Waals surface area contributed by atoms with E-state index < -0.39 is 6.10 Å². The molecular weight excluding hydrogens is 330 g/mol. The third kappa shape index (κ3) is 3.22. The summed E-state index contributed by atoms with van der Waals surface area (Å²) in [6.45, 7) is 5.68. The minimum absolute atomic E-state index is 0.102. The summed E-state index contributed by atoms with van der Waals surface area (Å²) in [7, 11) is 3.44. The fourth-order valence-corrected chi connectivity index (χ4v) is 3.00. The van der Waals surface area contributed by atoms with Crippen molar-refractivity contribution in [1.82, 2.24) is 9.13 Å². The molecule has 0 spiro atoms. The molecule has 3 rings (SSSR count). The molecule has 136 valence electrons. The van der Waals surface area contributed by atoms with E-state index in [2.05, 4.69) is 5.32 Å². The SMILES string of the molecule is Cc1ccc(O[C@@H](C)C(=O)Nc2ccc3c(c2)n(C)c(=O)n3C)c(C)c1. The number of aromatic nitrogens is 2. The van der Waals surface area contributed by atoms with Crippen LogP contribution in [0.3, 0.4) is 0 Å². The molecule has 1 amide bonds. The molecule has 0 saturated carbocycles. The molecule has 3 aromatic rings. The van der Waals surface area contributed by atoms with E-state index in [0.717, 1.165) is 22.2 Å². The highest BCUT2D eigenvalue weighted by molar-refractivity contribution is 5.95. The fourth-order valence-electron chi connectivity index (χ4n) is 3.00. The standard InChI is InChI=1S/C20H23N3O3/c1-12-6-9-18(13(2)10-12)26-14(3)19(24)21-15-7-8-16-17(11-15)23(5)20(25)22(16)4/h6-11,14H,1-5H3,(H,21,24)/t14-/m0/s1. The lowest BCUT2D eigenvalue weighted by atomic mass is 10.1. The molecular formula is C20H23N3O3. The minimum atomic E-state index is -0.647. The first kappa shape index (κ1) is 17.8. The summed E-state index contributed by atoms with van der Waals surface area (Å²) < 4.78 is 8.93. The molecule has 1 N–H and O–H groups in total. The first-order valence-corrected chi connectivity index (χ1v) is 8.48. The van der Waals surface area contributed by atoms with E-state index in [1.807, 2.05) is 38.1 Å². The first-order valence-electron chi connectivity index (χ1n) is 8.48. The maximum absolute atomic E-state index is 12.5. The molecule has 2 aromatic carbocycles. The Labute approximate surface area is 152 Å². The van der Waals surface area contributed by atoms with E-state index in [-0.39, 0.29) is 11.6 Å². The van der Waals surface area contributed by atoms with E-state index >= 15 is 0 Å². The number of nitrogens with one attached hydrogen (secondary N) is 1. The Kier molecular flexibility index (Phi) is 4.59. The maximum atomic E-state index is 12.5. The predicted molar refractivity (Wildman–Crippen MR) is 103 cm³/mol. The zero-order chi connectivity index (χ0) is 19.0. The van der Waals surface area contributed by atoms with Gasteiger partial charge in [-0.2, -0.15) is 0 Å². The molecule has 0 unspecified atom stereocenters. The largest absolute Gasteiger partial charge is 0.481 e. The molecule has 1 heterocycles. The van der Waals surface area contributed by atoms with Crippen molar-refractivity contribution in [2.75, 3.05) is 5.32 Å². The summed E-state index contributed by atoms with van der Waals surface area (Å²) in [6.07, 6.45) is -0.647. The van der Waals surface area contributed by atoms with Gasteiger partial charge < -0.3 is 10.1 Å². The molecule has 0 bridgehead atoms. The Bertz CT molecular complexity index is 1050. The van der Waals surface area contributed by atoms with Crippen LogP contribution in [0.5, 0.6) is 5.75 Å². The van der Waals surface area contributed by atoms with Crippen molar-refractivity contribution in [3.63, 3.8) is 0 Å². The highest BCUT2D eigenvalue weighted by atomic mass is 16.5. The Balaban J connectivity index is 1.77. The quantitative estimate of drug-likeness (QED) is 0.784. The predicted octanol–water partition coefficient (Wildman–Crippen LogP) is 2.90. The van der Waals surface area contributed by atoms with Crippen molar-refractivity contribution < 1.29 is 9.53 Å². The average molecular weight is 353 g/mol. The van der Waals surface area contributed by atoms with Gasteiger partial charge in [-0.05, 0) is 50.6 Å². The van der Waals surface area contributed by atoms with Crippen LogP contribution in [0, 0.1) is 13.8 Å². The summed E-state index contributed by atoms with van der Waals surface area (Å²) in [5.41, 5.74) is 4.24. The number of fused-ring (bicyclic) bond motifs is 1. The number of carbonyl (C=O) groups is 1. The number of rotatable bonds is 4. The second-order valence-corrected chi connectivity index (χ2v) is 6.62. The van der Waals surface area contributed by atoms with Gasteiger partial charge in [-0.1, -0.05) is 17.7 Å². The van der Waals surface area contributed by atoms with Gasteiger partial charge in [0.15, 0.2) is 6.10 Å². The summed E-state index contributed by atoms with van der Waals surface area (Å²) in [4.78, 5) is 24.5. The van der Waals surface area contributed by atoms with Gasteiger partial charge in [0.2, 0.25) is 0 Å². The number of amides is 1. The molecule has 26 heavy (non-hydrogen) atoms. The summed E-state index contributed by atoms with van der Waals surface area (Å²) in [6, 6.07) is 11.2. The van der Waals surface area contributed by atoms with Gasteiger partial charge in [0.25, 0.3) is 5.91 Å². The van der Waals surface area contributed by atoms with E-state index in [0.29, 0.717) is 11.4 Å². The van der Waals surface area contributed by atoms with Gasteiger partial charge in [-0.15, -0.1) is 0 Å². The molecule has 0 aliphatic heterocycles. The Hall–Kier alpha value is -3.02. The van der Waals surface area contributed by atoms with Crippen molar-refractivity contribution in [2.24, 2.45) is 14.1 Å². The van der Waals surface area contributed by atoms with Crippen molar-refractivity contribution in [3.8, 4) is 5.75 Å². The molecule has 6 heteroatoms. The van der Waals surface area contributed by atoms with Gasteiger partial charge >= 0.3 is 5.69 Å². The lowest BCUT2D eigenvalue weighted by molar-refractivity contribution is -0.122. The summed E-state index contributed by atoms with van der Waals surface area (Å²) in [5, 5.41) is 2.85. The van der Waals surface area contributed by atoms with Crippen molar-refractivity contribution in [2.45, 2.75) is 26.9 Å². The zero-order valence-electron chi connectivity index (χ0n) is 15.7. The second-order valence-electron chi connectivity index (χ2n) is 6.62. The highest BCUT2D eigenvalue weighted by Crippen LogP contribution is 2.21. The molecule has 1 aromatic heterocycles. The Morgan fingerprint density at radius 3 is 2.42 bits per heavy atom. The first-order chi connectivity index (χ1) is 12.3. The number of nitrogens with zero attached hydrogens (tertiary/aromatic N) is 2. The van der Waals surface area contributed by atoms with E-state index in [4.69, 9.17) is 4.74 Å². The third-order valence-electron chi connectivity index (χ3n) is 4.54. The topological polar surface area (TPSA) is 65.3 Å². The molecule has 0 saturated heterocycles. The average Bonchev–Trinajstić information content (AvgIpc) is 2.81. The number of anilines is 1. The van der Waals surface area contributed by atoms with Crippen LogP contribution in [0.25, 0.3) is 11.0 Å². The van der Waals surface area contributed by atoms with Crippen molar-refractivity contribution in [1.29, 1.82) is 0 Å². The van der Waals surface area contributed by atoms with Crippen LogP contribution in [-0.2, 0) is 18.9 Å². The number of ether oxygens (including phenoxy) is 1. The van der Waals surface area contributed by atoms with Crippen LogP contribution in [0.15, 0.2) is 41.2 Å². The van der Waals surface area contributed by atoms with Crippen LogP contribution >= 0.6 is 0 Å². The zero-order valence-corrected chi connectivity index (χ0v) is 15.7. The number of carbonyl (C=O) groups excluding carboxylic acids is 1. The normalized spacial score (nSPS) is 12.2. The molecule has 0 fully saturated rings. The van der Waals surface area contributed by atoms with Gasteiger partial charge in [-0.25, -0.2) is 4.79 Å². The highest BCUT2D eigenvalue weighted by Gasteiger charge is 2.17. The van der Waals surface area contributed by atoms with E-state index in [1.165, 1.54) is 0 Å². The minimum Gasteiger partial charge on any atom is -0.481 e. The van der Waals surface area contributed by atoms with E-state index in [1.54, 1.807) is 42.3 Å². The van der Waals surface area contributed by atoms with Crippen LogP contribution in [0.2, 0.25) is 0 Å². The van der Waals surface area contributed by atoms with Crippen molar-refractivity contribution >= 4 is 22.6 Å². The van der Waals surface area contributed by atoms with Gasteiger partial charge in [0.1, 0.15) is 5.75 Å². The Morgan fingerprint density at radius 1 is 1.04 bits per heavy atom. The molecule has 0 radical (unpaired) electrons. The van der Waals surface area contributed by atoms with Crippen LogP contribution < -0.4 is 15.7 Å². The maximum Gasteiger partial charge on any atom is 0.328 e. The van der Waals surface area contributed by atoms with Gasteiger partial charge in [0.05, 0.1) is 11.0 Å². The Morgan fingerprint density at radius 2 is 1.73 bits per heavy atom. The van der Waals surface area contributed by atoms with Crippen molar-refractivity contribution in [3.05, 3.63) is 58.0 Å². The number of hydrogen-bond donors (Lipinski definition) is 1. The molecule has 1 atom stereocenters. The lowest BCUT2D eigenvalue weighted by Crippen LogP contribution is -2.30. The van der Waals surface area contributed by atoms with Crippen LogP contribution in [0.1, 0.15) is 18.1 Å². The molecule has 0 aliphatic rings. The third-order valence-corrected chi connectivity index (χ3v) is 4.54. The summed E-state index contributed by atoms with van der Waals surface area (Å²) in [5.74, 6) is 0.449. The fraction of sp³-hybridized carbons (Fsp3) is 0.300. The van der Waals surface area contributed by atoms with Crippen LogP contribution in [0.4, 0.5) is 5.69 Å². The van der Waals surface area contributed by atoms with Gasteiger partial charge in [0, 0.05) is 19.8 Å². The number of hydrogen-bond acceptors (Lipinski definition) is 3. The molecule has 0 aliphatic carbocycles. The number of aryl methyl sites for hydroxylation is 4. The number of imidazole rings is 1.